The van der Waals surface area contributed by atoms with Crippen molar-refractivity contribution >= 4 is 5.78 Å². The monoisotopic (exact) mass is 250 g/mol. The van der Waals surface area contributed by atoms with Gasteiger partial charge in [-0.25, -0.2) is 0 Å². The topological polar surface area (TPSA) is 44.8 Å². The average molecular weight is 250 g/mol. The highest BCUT2D eigenvalue weighted by molar-refractivity contribution is 5.83. The lowest BCUT2D eigenvalue weighted by atomic mass is 10.1. The van der Waals surface area contributed by atoms with E-state index in [1.54, 1.807) is 28.3 Å². The second kappa shape index (κ2) is 4.88. The second-order valence-electron chi connectivity index (χ2n) is 4.51. The van der Waals surface area contributed by atoms with E-state index >= 15 is 0 Å². The van der Waals surface area contributed by atoms with Crippen LogP contribution in [0.25, 0.3) is 0 Å². The zero-order chi connectivity index (χ0) is 13.3. The molecule has 1 aliphatic rings. The molecule has 4 nitrogen and oxygen atoms in total. The Morgan fingerprint density at radius 1 is 1.06 bits per heavy atom. The van der Waals surface area contributed by atoms with Gasteiger partial charge in [-0.2, -0.15) is 0 Å². The SMILES string of the molecule is COc1cc(OC)c(C2CC2C(C)=O)cc1OC. The van der Waals surface area contributed by atoms with Crippen LogP contribution in [0, 0.1) is 5.92 Å². The summed E-state index contributed by atoms with van der Waals surface area (Å²) in [5.74, 6) is 2.66. The largest absolute Gasteiger partial charge is 0.496 e. The molecule has 2 atom stereocenters. The van der Waals surface area contributed by atoms with E-state index in [1.807, 2.05) is 12.1 Å². The first-order chi connectivity index (χ1) is 8.62. The molecule has 0 aliphatic heterocycles. The van der Waals surface area contributed by atoms with Crippen LogP contribution in [-0.4, -0.2) is 27.1 Å². The molecule has 1 aliphatic carbocycles. The number of benzene rings is 1. The van der Waals surface area contributed by atoms with E-state index in [9.17, 15) is 4.79 Å². The van der Waals surface area contributed by atoms with Crippen molar-refractivity contribution in [3.63, 3.8) is 0 Å². The fourth-order valence-corrected chi connectivity index (χ4v) is 2.33. The van der Waals surface area contributed by atoms with Gasteiger partial charge in [0.1, 0.15) is 11.5 Å². The predicted molar refractivity (Wildman–Crippen MR) is 67.6 cm³/mol. The Morgan fingerprint density at radius 3 is 2.06 bits per heavy atom. The van der Waals surface area contributed by atoms with Crippen LogP contribution < -0.4 is 14.2 Å². The van der Waals surface area contributed by atoms with Gasteiger partial charge in [-0.3, -0.25) is 4.79 Å². The van der Waals surface area contributed by atoms with Crippen molar-refractivity contribution in [2.45, 2.75) is 19.3 Å². The van der Waals surface area contributed by atoms with Crippen LogP contribution in [-0.2, 0) is 4.79 Å². The highest BCUT2D eigenvalue weighted by Crippen LogP contribution is 2.52. The number of rotatable bonds is 5. The minimum absolute atomic E-state index is 0.122. The fraction of sp³-hybridized carbons (Fsp3) is 0.500. The van der Waals surface area contributed by atoms with Crippen LogP contribution >= 0.6 is 0 Å². The lowest BCUT2D eigenvalue weighted by molar-refractivity contribution is -0.118. The Morgan fingerprint density at radius 2 is 1.61 bits per heavy atom. The van der Waals surface area contributed by atoms with E-state index in [1.165, 1.54) is 0 Å². The fourth-order valence-electron chi connectivity index (χ4n) is 2.33. The predicted octanol–water partition coefficient (Wildman–Crippen LogP) is 2.40. The third-order valence-corrected chi connectivity index (χ3v) is 3.45. The van der Waals surface area contributed by atoms with E-state index in [0.29, 0.717) is 11.5 Å². The summed E-state index contributed by atoms with van der Waals surface area (Å²) in [6, 6.07) is 3.72. The molecule has 0 bridgehead atoms. The van der Waals surface area contributed by atoms with Gasteiger partial charge in [-0.1, -0.05) is 0 Å². The summed E-state index contributed by atoms with van der Waals surface area (Å²) in [6.45, 7) is 1.64. The van der Waals surface area contributed by atoms with Gasteiger partial charge in [0.05, 0.1) is 21.3 Å². The third kappa shape index (κ3) is 2.15. The van der Waals surface area contributed by atoms with Gasteiger partial charge in [0, 0.05) is 17.5 Å². The molecule has 2 unspecified atom stereocenters. The van der Waals surface area contributed by atoms with Crippen molar-refractivity contribution in [2.75, 3.05) is 21.3 Å². The molecule has 0 amide bonds. The molecule has 98 valence electrons. The Bertz CT molecular complexity index is 467. The average Bonchev–Trinajstić information content (AvgIpc) is 3.17. The molecule has 0 heterocycles. The molecule has 0 radical (unpaired) electrons. The molecule has 1 aromatic rings. The first-order valence-corrected chi connectivity index (χ1v) is 5.92. The van der Waals surface area contributed by atoms with E-state index in [0.717, 1.165) is 17.7 Å². The number of ether oxygens (including phenoxy) is 3. The minimum atomic E-state index is 0.122. The maximum Gasteiger partial charge on any atom is 0.164 e. The zero-order valence-electron chi connectivity index (χ0n) is 11.1. The number of ketones is 1. The minimum Gasteiger partial charge on any atom is -0.496 e. The molecular formula is C14H18O4. The number of hydrogen-bond acceptors (Lipinski definition) is 4. The standard InChI is InChI=1S/C14H18O4/c1-8(15)9-5-10(9)11-6-13(17-3)14(18-4)7-12(11)16-2/h6-7,9-10H,5H2,1-4H3. The summed E-state index contributed by atoms with van der Waals surface area (Å²) in [6.07, 6.45) is 0.890. The van der Waals surface area contributed by atoms with Crippen LogP contribution in [0.4, 0.5) is 0 Å². The Balaban J connectivity index is 2.38. The summed E-state index contributed by atoms with van der Waals surface area (Å²) in [5, 5.41) is 0. The van der Waals surface area contributed by atoms with Gasteiger partial charge in [0.2, 0.25) is 0 Å². The molecule has 1 aromatic carbocycles. The van der Waals surface area contributed by atoms with Crippen molar-refractivity contribution in [2.24, 2.45) is 5.92 Å². The van der Waals surface area contributed by atoms with Crippen molar-refractivity contribution in [3.8, 4) is 17.2 Å². The first kappa shape index (κ1) is 12.7. The van der Waals surface area contributed by atoms with Gasteiger partial charge in [-0.05, 0) is 25.3 Å². The summed E-state index contributed by atoms with van der Waals surface area (Å²) in [5.41, 5.74) is 1.02. The van der Waals surface area contributed by atoms with Gasteiger partial charge in [0.25, 0.3) is 0 Å². The maximum atomic E-state index is 11.4. The molecule has 18 heavy (non-hydrogen) atoms. The van der Waals surface area contributed by atoms with Crippen LogP contribution in [0.2, 0.25) is 0 Å². The van der Waals surface area contributed by atoms with Crippen LogP contribution in [0.5, 0.6) is 17.2 Å². The van der Waals surface area contributed by atoms with Crippen molar-refractivity contribution in [1.82, 2.24) is 0 Å². The number of Topliss-reactive ketones (excluding diaryl/α,β-unsaturated/α-hetero) is 1. The third-order valence-electron chi connectivity index (χ3n) is 3.45. The molecule has 4 heteroatoms. The lowest BCUT2D eigenvalue weighted by Gasteiger charge is -2.13. The molecular weight excluding hydrogens is 232 g/mol. The van der Waals surface area contributed by atoms with E-state index in [-0.39, 0.29) is 17.6 Å². The molecule has 0 spiro atoms. The van der Waals surface area contributed by atoms with E-state index in [2.05, 4.69) is 0 Å². The molecule has 0 aromatic heterocycles. The highest BCUT2D eigenvalue weighted by atomic mass is 16.5. The molecule has 2 rings (SSSR count). The van der Waals surface area contributed by atoms with Gasteiger partial charge in [-0.15, -0.1) is 0 Å². The zero-order valence-corrected chi connectivity index (χ0v) is 11.1. The molecule has 0 saturated heterocycles. The van der Waals surface area contributed by atoms with Crippen LogP contribution in [0.1, 0.15) is 24.8 Å². The van der Waals surface area contributed by atoms with E-state index < -0.39 is 0 Å². The number of carbonyl (C=O) groups is 1. The van der Waals surface area contributed by atoms with Gasteiger partial charge < -0.3 is 14.2 Å². The van der Waals surface area contributed by atoms with E-state index in [4.69, 9.17) is 14.2 Å². The van der Waals surface area contributed by atoms with Crippen molar-refractivity contribution in [3.05, 3.63) is 17.7 Å². The Labute approximate surface area is 107 Å². The summed E-state index contributed by atoms with van der Waals surface area (Å²) < 4.78 is 15.9. The quantitative estimate of drug-likeness (QED) is 0.805. The van der Waals surface area contributed by atoms with Crippen molar-refractivity contribution < 1.29 is 19.0 Å². The van der Waals surface area contributed by atoms with Gasteiger partial charge >= 0.3 is 0 Å². The summed E-state index contributed by atoms with van der Waals surface area (Å²) in [7, 11) is 4.81. The molecule has 1 saturated carbocycles. The smallest absolute Gasteiger partial charge is 0.164 e. The Hall–Kier alpha value is -1.71. The highest BCUT2D eigenvalue weighted by Gasteiger charge is 2.43. The summed E-state index contributed by atoms with van der Waals surface area (Å²) in [4.78, 5) is 11.4. The maximum absolute atomic E-state index is 11.4. The van der Waals surface area contributed by atoms with Crippen LogP contribution in [0.15, 0.2) is 12.1 Å². The van der Waals surface area contributed by atoms with Crippen molar-refractivity contribution in [1.29, 1.82) is 0 Å². The first-order valence-electron chi connectivity index (χ1n) is 5.92. The number of methoxy groups -OCH3 is 3. The van der Waals surface area contributed by atoms with Crippen LogP contribution in [0.3, 0.4) is 0 Å². The lowest BCUT2D eigenvalue weighted by Crippen LogP contribution is -1.99. The second-order valence-corrected chi connectivity index (χ2v) is 4.51. The Kier molecular flexibility index (Phi) is 3.45. The normalized spacial score (nSPS) is 21.3. The number of hydrogen-bond donors (Lipinski definition) is 0. The molecule has 0 N–H and O–H groups in total. The number of carbonyl (C=O) groups excluding carboxylic acids is 1. The summed E-state index contributed by atoms with van der Waals surface area (Å²) >= 11 is 0. The molecule has 1 fully saturated rings. The van der Waals surface area contributed by atoms with Gasteiger partial charge in [0.15, 0.2) is 11.5 Å².